The van der Waals surface area contributed by atoms with Crippen molar-refractivity contribution >= 4 is 12.4 Å². The number of nitrogens with two attached hydrogens (primary N) is 1. The SMILES string of the molecule is Cc1ccc(CN2CCC[C@@H](N)C2)nc1.Cl. The average molecular weight is 242 g/mol. The van der Waals surface area contributed by atoms with Crippen molar-refractivity contribution in [2.75, 3.05) is 13.1 Å². The molecule has 1 fully saturated rings. The van der Waals surface area contributed by atoms with Gasteiger partial charge in [0.1, 0.15) is 0 Å². The van der Waals surface area contributed by atoms with Crippen molar-refractivity contribution in [3.05, 3.63) is 29.6 Å². The van der Waals surface area contributed by atoms with Gasteiger partial charge in [-0.15, -0.1) is 12.4 Å². The van der Waals surface area contributed by atoms with E-state index in [0.717, 1.165) is 31.7 Å². The summed E-state index contributed by atoms with van der Waals surface area (Å²) in [5, 5.41) is 0. The molecule has 3 nitrogen and oxygen atoms in total. The number of aromatic nitrogens is 1. The summed E-state index contributed by atoms with van der Waals surface area (Å²) in [6.45, 7) is 5.17. The first-order valence-corrected chi connectivity index (χ1v) is 5.63. The van der Waals surface area contributed by atoms with Crippen molar-refractivity contribution in [2.45, 2.75) is 32.4 Å². The Hall–Kier alpha value is -0.640. The van der Waals surface area contributed by atoms with Gasteiger partial charge in [0.05, 0.1) is 5.69 Å². The van der Waals surface area contributed by atoms with E-state index in [-0.39, 0.29) is 12.4 Å². The molecule has 0 aliphatic carbocycles. The second-order valence-corrected chi connectivity index (χ2v) is 4.46. The minimum Gasteiger partial charge on any atom is -0.327 e. The van der Waals surface area contributed by atoms with Crippen molar-refractivity contribution in [2.24, 2.45) is 5.73 Å². The van der Waals surface area contributed by atoms with Crippen LogP contribution < -0.4 is 5.73 Å². The maximum absolute atomic E-state index is 5.94. The number of likely N-dealkylation sites (tertiary alicyclic amines) is 1. The van der Waals surface area contributed by atoms with Crippen LogP contribution in [0.15, 0.2) is 18.3 Å². The zero-order valence-electron chi connectivity index (χ0n) is 9.72. The van der Waals surface area contributed by atoms with Crippen LogP contribution in [0, 0.1) is 6.92 Å². The van der Waals surface area contributed by atoms with E-state index in [1.54, 1.807) is 0 Å². The van der Waals surface area contributed by atoms with Gasteiger partial charge in [-0.2, -0.15) is 0 Å². The summed E-state index contributed by atoms with van der Waals surface area (Å²) in [6, 6.07) is 4.57. The van der Waals surface area contributed by atoms with Gasteiger partial charge in [0.15, 0.2) is 0 Å². The molecule has 2 heterocycles. The van der Waals surface area contributed by atoms with Crippen LogP contribution in [0.1, 0.15) is 24.1 Å². The maximum atomic E-state index is 5.94. The van der Waals surface area contributed by atoms with Gasteiger partial charge in [-0.25, -0.2) is 0 Å². The monoisotopic (exact) mass is 241 g/mol. The molecule has 0 radical (unpaired) electrons. The lowest BCUT2D eigenvalue weighted by molar-refractivity contribution is 0.199. The number of hydrogen-bond acceptors (Lipinski definition) is 3. The van der Waals surface area contributed by atoms with Crippen LogP contribution in [-0.4, -0.2) is 29.0 Å². The fourth-order valence-electron chi connectivity index (χ4n) is 2.06. The molecule has 16 heavy (non-hydrogen) atoms. The van der Waals surface area contributed by atoms with Crippen LogP contribution in [0.25, 0.3) is 0 Å². The molecule has 0 aromatic carbocycles. The number of hydrogen-bond donors (Lipinski definition) is 1. The molecule has 1 aromatic heterocycles. The van der Waals surface area contributed by atoms with Crippen molar-refractivity contribution in [1.82, 2.24) is 9.88 Å². The van der Waals surface area contributed by atoms with Crippen LogP contribution in [0.5, 0.6) is 0 Å². The van der Waals surface area contributed by atoms with Gasteiger partial charge in [-0.05, 0) is 37.9 Å². The molecule has 1 atom stereocenters. The summed E-state index contributed by atoms with van der Waals surface area (Å²) >= 11 is 0. The van der Waals surface area contributed by atoms with E-state index in [1.807, 2.05) is 6.20 Å². The summed E-state index contributed by atoms with van der Waals surface area (Å²) in [5.74, 6) is 0. The minimum atomic E-state index is 0. The third kappa shape index (κ3) is 3.74. The molecule has 1 aromatic rings. The van der Waals surface area contributed by atoms with Crippen LogP contribution in [-0.2, 0) is 6.54 Å². The third-order valence-corrected chi connectivity index (χ3v) is 2.90. The van der Waals surface area contributed by atoms with Crippen LogP contribution in [0.2, 0.25) is 0 Å². The average Bonchev–Trinajstić information content (AvgIpc) is 2.22. The second kappa shape index (κ2) is 6.18. The van der Waals surface area contributed by atoms with Gasteiger partial charge >= 0.3 is 0 Å². The first-order chi connectivity index (χ1) is 7.24. The van der Waals surface area contributed by atoms with Gasteiger partial charge in [0.25, 0.3) is 0 Å². The summed E-state index contributed by atoms with van der Waals surface area (Å²) in [5.41, 5.74) is 8.31. The van der Waals surface area contributed by atoms with Gasteiger partial charge in [-0.1, -0.05) is 6.07 Å². The Labute approximate surface area is 103 Å². The largest absolute Gasteiger partial charge is 0.327 e. The summed E-state index contributed by atoms with van der Waals surface area (Å²) in [7, 11) is 0. The summed E-state index contributed by atoms with van der Waals surface area (Å²) in [6.07, 6.45) is 4.31. The Morgan fingerprint density at radius 1 is 1.50 bits per heavy atom. The first kappa shape index (κ1) is 13.4. The van der Waals surface area contributed by atoms with Gasteiger partial charge in [0, 0.05) is 25.3 Å². The highest BCUT2D eigenvalue weighted by molar-refractivity contribution is 5.85. The summed E-state index contributed by atoms with van der Waals surface area (Å²) in [4.78, 5) is 6.81. The molecule has 0 spiro atoms. The number of aryl methyl sites for hydroxylation is 1. The zero-order chi connectivity index (χ0) is 10.7. The van der Waals surface area contributed by atoms with E-state index in [4.69, 9.17) is 5.73 Å². The molecule has 0 amide bonds. The fourth-order valence-corrected chi connectivity index (χ4v) is 2.06. The second-order valence-electron chi connectivity index (χ2n) is 4.46. The number of piperidine rings is 1. The lowest BCUT2D eigenvalue weighted by Gasteiger charge is -2.30. The highest BCUT2D eigenvalue weighted by Gasteiger charge is 2.16. The molecule has 2 N–H and O–H groups in total. The van der Waals surface area contributed by atoms with E-state index >= 15 is 0 Å². The normalized spacial score (nSPS) is 21.5. The van der Waals surface area contributed by atoms with E-state index in [0.29, 0.717) is 6.04 Å². The molecule has 1 aliphatic heterocycles. The molecule has 0 saturated carbocycles. The highest BCUT2D eigenvalue weighted by atomic mass is 35.5. The predicted octanol–water partition coefficient (Wildman–Crippen LogP) is 1.73. The van der Waals surface area contributed by atoms with Gasteiger partial charge in [-0.3, -0.25) is 9.88 Å². The fraction of sp³-hybridized carbons (Fsp3) is 0.583. The van der Waals surface area contributed by atoms with Crippen LogP contribution in [0.4, 0.5) is 0 Å². The lowest BCUT2D eigenvalue weighted by Crippen LogP contribution is -2.42. The molecule has 1 saturated heterocycles. The first-order valence-electron chi connectivity index (χ1n) is 5.63. The smallest absolute Gasteiger partial charge is 0.0544 e. The number of halogens is 1. The van der Waals surface area contributed by atoms with Gasteiger partial charge < -0.3 is 5.73 Å². The lowest BCUT2D eigenvalue weighted by atomic mass is 10.1. The summed E-state index contributed by atoms with van der Waals surface area (Å²) < 4.78 is 0. The molecular formula is C12H20ClN3. The Morgan fingerprint density at radius 3 is 2.94 bits per heavy atom. The number of nitrogens with zero attached hydrogens (tertiary/aromatic N) is 2. The van der Waals surface area contributed by atoms with Gasteiger partial charge in [0.2, 0.25) is 0 Å². The van der Waals surface area contributed by atoms with Crippen LogP contribution >= 0.6 is 12.4 Å². The molecule has 2 rings (SSSR count). The minimum absolute atomic E-state index is 0. The van der Waals surface area contributed by atoms with E-state index in [2.05, 4.69) is 28.9 Å². The maximum Gasteiger partial charge on any atom is 0.0544 e. The topological polar surface area (TPSA) is 42.1 Å². The van der Waals surface area contributed by atoms with Crippen molar-refractivity contribution < 1.29 is 0 Å². The third-order valence-electron chi connectivity index (χ3n) is 2.90. The number of rotatable bonds is 2. The Balaban J connectivity index is 0.00000128. The molecular weight excluding hydrogens is 222 g/mol. The highest BCUT2D eigenvalue weighted by Crippen LogP contribution is 2.11. The Kier molecular flexibility index (Phi) is 5.19. The molecule has 1 aliphatic rings. The van der Waals surface area contributed by atoms with Crippen LogP contribution in [0.3, 0.4) is 0 Å². The van der Waals surface area contributed by atoms with Crippen molar-refractivity contribution in [1.29, 1.82) is 0 Å². The molecule has 4 heteroatoms. The predicted molar refractivity (Wildman–Crippen MR) is 68.7 cm³/mol. The molecule has 0 unspecified atom stereocenters. The number of pyridine rings is 1. The Morgan fingerprint density at radius 2 is 2.31 bits per heavy atom. The quantitative estimate of drug-likeness (QED) is 0.858. The van der Waals surface area contributed by atoms with Crippen molar-refractivity contribution in [3.63, 3.8) is 0 Å². The van der Waals surface area contributed by atoms with E-state index in [1.165, 1.54) is 12.0 Å². The standard InChI is InChI=1S/C12H19N3.ClH/c1-10-4-5-12(14-7-10)9-15-6-2-3-11(13)8-15;/h4-5,7,11H,2-3,6,8-9,13H2,1H3;1H/t11-;/m1./s1. The Bertz CT molecular complexity index is 313. The van der Waals surface area contributed by atoms with E-state index < -0.39 is 0 Å². The molecule has 90 valence electrons. The van der Waals surface area contributed by atoms with Crippen molar-refractivity contribution in [3.8, 4) is 0 Å². The van der Waals surface area contributed by atoms with E-state index in [9.17, 15) is 0 Å². The zero-order valence-corrected chi connectivity index (χ0v) is 10.5. The molecule has 0 bridgehead atoms.